The van der Waals surface area contributed by atoms with Crippen molar-refractivity contribution < 1.29 is 14.3 Å². The van der Waals surface area contributed by atoms with Crippen molar-refractivity contribution in [3.63, 3.8) is 0 Å². The van der Waals surface area contributed by atoms with Crippen LogP contribution in [0.25, 0.3) is 0 Å². The van der Waals surface area contributed by atoms with Gasteiger partial charge < -0.3 is 14.4 Å². The summed E-state index contributed by atoms with van der Waals surface area (Å²) >= 11 is 0. The summed E-state index contributed by atoms with van der Waals surface area (Å²) < 4.78 is 13.4. The molecule has 1 spiro atoms. The first-order valence-electron chi connectivity index (χ1n) is 9.36. The summed E-state index contributed by atoms with van der Waals surface area (Å²) in [6.07, 6.45) is 9.68. The van der Waals surface area contributed by atoms with E-state index in [1.165, 1.54) is 0 Å². The fourth-order valence-corrected chi connectivity index (χ4v) is 3.94. The smallest absolute Gasteiger partial charge is 0.257 e. The predicted molar refractivity (Wildman–Crippen MR) is 97.4 cm³/mol. The topological polar surface area (TPSA) is 82.4 Å². The zero-order valence-electron chi connectivity index (χ0n) is 15.8. The lowest BCUT2D eigenvalue weighted by molar-refractivity contribution is -0.166. The first kappa shape index (κ1) is 17.9. The minimum Gasteiger partial charge on any atom is -0.477 e. The maximum atomic E-state index is 12.5. The van der Waals surface area contributed by atoms with E-state index in [4.69, 9.17) is 9.47 Å². The molecular formula is C19H25N5O3. The Balaban J connectivity index is 1.26. The molecule has 8 nitrogen and oxygen atoms in total. The molecule has 1 amide bonds. The van der Waals surface area contributed by atoms with Crippen LogP contribution >= 0.6 is 0 Å². The number of hydrogen-bond donors (Lipinski definition) is 0. The molecule has 0 radical (unpaired) electrons. The number of amides is 1. The first-order chi connectivity index (χ1) is 13.0. The SMILES string of the molecule is Cc1cncc(OCC[C@H]2CCOC3(C2)CN(C(=O)c2cnn(C)c2)C3)n1. The Morgan fingerprint density at radius 3 is 2.96 bits per heavy atom. The van der Waals surface area contributed by atoms with Gasteiger partial charge in [0.1, 0.15) is 5.60 Å². The molecule has 0 aliphatic carbocycles. The number of rotatable bonds is 5. The summed E-state index contributed by atoms with van der Waals surface area (Å²) in [7, 11) is 1.81. The third kappa shape index (κ3) is 3.95. The van der Waals surface area contributed by atoms with Crippen LogP contribution in [0.15, 0.2) is 24.8 Å². The molecule has 0 saturated carbocycles. The van der Waals surface area contributed by atoms with Crippen LogP contribution in [0.3, 0.4) is 0 Å². The van der Waals surface area contributed by atoms with Crippen LogP contribution in [0.4, 0.5) is 0 Å². The van der Waals surface area contributed by atoms with Gasteiger partial charge in [0, 0.05) is 26.0 Å². The van der Waals surface area contributed by atoms with E-state index in [-0.39, 0.29) is 11.5 Å². The van der Waals surface area contributed by atoms with Gasteiger partial charge in [0.25, 0.3) is 5.91 Å². The van der Waals surface area contributed by atoms with Gasteiger partial charge in [-0.1, -0.05) is 0 Å². The van der Waals surface area contributed by atoms with Crippen molar-refractivity contribution in [1.29, 1.82) is 0 Å². The number of likely N-dealkylation sites (tertiary alicyclic amines) is 1. The average Bonchev–Trinajstić information content (AvgIpc) is 3.06. The van der Waals surface area contributed by atoms with Crippen molar-refractivity contribution in [2.75, 3.05) is 26.3 Å². The second-order valence-corrected chi connectivity index (χ2v) is 7.59. The molecule has 144 valence electrons. The summed E-state index contributed by atoms with van der Waals surface area (Å²) in [5, 5.41) is 4.07. The quantitative estimate of drug-likeness (QED) is 0.794. The standard InChI is InChI=1S/C19H25N5O3/c1-14-8-20-10-17(22-14)26-5-3-15-4-6-27-19(7-15)12-24(13-19)18(25)16-9-21-23(2)11-16/h8-11,15H,3-7,12-13H2,1-2H3/t15-/m0/s1. The number of nitrogens with zero attached hydrogens (tertiary/aromatic N) is 5. The van der Waals surface area contributed by atoms with E-state index in [9.17, 15) is 4.79 Å². The molecule has 4 rings (SSSR count). The van der Waals surface area contributed by atoms with Crippen LogP contribution in [0.2, 0.25) is 0 Å². The van der Waals surface area contributed by atoms with E-state index in [2.05, 4.69) is 15.1 Å². The Hall–Kier alpha value is -2.48. The Bertz CT molecular complexity index is 815. The molecule has 2 aliphatic rings. The number of hydrogen-bond acceptors (Lipinski definition) is 6. The van der Waals surface area contributed by atoms with Gasteiger partial charge in [0.15, 0.2) is 0 Å². The molecule has 8 heteroatoms. The molecule has 2 saturated heterocycles. The first-order valence-corrected chi connectivity index (χ1v) is 9.36. The molecule has 4 heterocycles. The van der Waals surface area contributed by atoms with Crippen LogP contribution in [-0.2, 0) is 11.8 Å². The summed E-state index contributed by atoms with van der Waals surface area (Å²) in [6, 6.07) is 0. The summed E-state index contributed by atoms with van der Waals surface area (Å²) in [6.45, 7) is 4.57. The van der Waals surface area contributed by atoms with E-state index in [0.29, 0.717) is 37.1 Å². The third-order valence-electron chi connectivity index (χ3n) is 5.30. The molecule has 0 unspecified atom stereocenters. The summed E-state index contributed by atoms with van der Waals surface area (Å²) in [5.74, 6) is 1.14. The van der Waals surface area contributed by atoms with E-state index >= 15 is 0 Å². The normalized spacial score (nSPS) is 21.1. The van der Waals surface area contributed by atoms with Crippen LogP contribution in [-0.4, -0.2) is 62.5 Å². The number of carbonyl (C=O) groups excluding carboxylic acids is 1. The zero-order chi connectivity index (χ0) is 18.9. The summed E-state index contributed by atoms with van der Waals surface area (Å²) in [5.41, 5.74) is 1.29. The van der Waals surface area contributed by atoms with Gasteiger partial charge in [0.05, 0.1) is 43.3 Å². The molecule has 2 fully saturated rings. The van der Waals surface area contributed by atoms with Crippen molar-refractivity contribution in [3.05, 3.63) is 36.0 Å². The second kappa shape index (κ2) is 7.26. The third-order valence-corrected chi connectivity index (χ3v) is 5.30. The molecule has 27 heavy (non-hydrogen) atoms. The Morgan fingerprint density at radius 1 is 1.37 bits per heavy atom. The highest BCUT2D eigenvalue weighted by Gasteiger charge is 2.49. The van der Waals surface area contributed by atoms with E-state index in [1.807, 2.05) is 18.9 Å². The molecule has 0 bridgehead atoms. The maximum absolute atomic E-state index is 12.5. The average molecular weight is 371 g/mol. The molecule has 1 atom stereocenters. The Labute approximate surface area is 158 Å². The van der Waals surface area contributed by atoms with Crippen molar-refractivity contribution in [1.82, 2.24) is 24.6 Å². The van der Waals surface area contributed by atoms with Gasteiger partial charge in [0.2, 0.25) is 5.88 Å². The molecular weight excluding hydrogens is 346 g/mol. The molecule has 2 aliphatic heterocycles. The van der Waals surface area contributed by atoms with Crippen molar-refractivity contribution >= 4 is 5.91 Å². The van der Waals surface area contributed by atoms with Gasteiger partial charge in [-0.25, -0.2) is 4.98 Å². The van der Waals surface area contributed by atoms with E-state index in [0.717, 1.165) is 31.6 Å². The fraction of sp³-hybridized carbons (Fsp3) is 0.579. The monoisotopic (exact) mass is 371 g/mol. The highest BCUT2D eigenvalue weighted by molar-refractivity contribution is 5.94. The molecule has 0 aromatic carbocycles. The maximum Gasteiger partial charge on any atom is 0.257 e. The Kier molecular flexibility index (Phi) is 4.82. The fourth-order valence-electron chi connectivity index (χ4n) is 3.94. The molecule has 2 aromatic heterocycles. The minimum absolute atomic E-state index is 0.0285. The van der Waals surface area contributed by atoms with Crippen molar-refractivity contribution in [2.45, 2.75) is 31.8 Å². The van der Waals surface area contributed by atoms with Crippen LogP contribution in [0.1, 0.15) is 35.3 Å². The van der Waals surface area contributed by atoms with Gasteiger partial charge in [-0.15, -0.1) is 0 Å². The molecule has 0 N–H and O–H groups in total. The lowest BCUT2D eigenvalue weighted by atomic mass is 9.79. The zero-order valence-corrected chi connectivity index (χ0v) is 15.8. The highest BCUT2D eigenvalue weighted by Crippen LogP contribution is 2.38. The highest BCUT2D eigenvalue weighted by atomic mass is 16.5. The second-order valence-electron chi connectivity index (χ2n) is 7.59. The lowest BCUT2D eigenvalue weighted by Gasteiger charge is -2.53. The van der Waals surface area contributed by atoms with E-state index in [1.54, 1.807) is 29.5 Å². The predicted octanol–water partition coefficient (Wildman–Crippen LogP) is 1.61. The minimum atomic E-state index is -0.191. The van der Waals surface area contributed by atoms with Gasteiger partial charge in [-0.05, 0) is 32.1 Å². The number of ether oxygens (including phenoxy) is 2. The van der Waals surface area contributed by atoms with Gasteiger partial charge in [-0.3, -0.25) is 14.5 Å². The molecule has 2 aromatic rings. The van der Waals surface area contributed by atoms with Gasteiger partial charge >= 0.3 is 0 Å². The van der Waals surface area contributed by atoms with Crippen molar-refractivity contribution in [2.24, 2.45) is 13.0 Å². The largest absolute Gasteiger partial charge is 0.477 e. The van der Waals surface area contributed by atoms with Crippen LogP contribution in [0, 0.1) is 12.8 Å². The van der Waals surface area contributed by atoms with Crippen LogP contribution in [0.5, 0.6) is 5.88 Å². The van der Waals surface area contributed by atoms with Crippen molar-refractivity contribution in [3.8, 4) is 5.88 Å². The Morgan fingerprint density at radius 2 is 2.22 bits per heavy atom. The lowest BCUT2D eigenvalue weighted by Crippen LogP contribution is -2.66. The number of aromatic nitrogens is 4. The van der Waals surface area contributed by atoms with E-state index < -0.39 is 0 Å². The summed E-state index contributed by atoms with van der Waals surface area (Å²) in [4.78, 5) is 22.7. The van der Waals surface area contributed by atoms with Gasteiger partial charge in [-0.2, -0.15) is 5.10 Å². The van der Waals surface area contributed by atoms with Crippen LogP contribution < -0.4 is 4.74 Å². The number of aryl methyl sites for hydroxylation is 2. The number of carbonyl (C=O) groups is 1.